The van der Waals surface area contributed by atoms with Crippen molar-refractivity contribution in [1.29, 1.82) is 0 Å². The van der Waals surface area contributed by atoms with E-state index in [1.54, 1.807) is 60.7 Å². The van der Waals surface area contributed by atoms with Crippen LogP contribution in [0.2, 0.25) is 0 Å². The van der Waals surface area contributed by atoms with Gasteiger partial charge in [-0.15, -0.1) is 0 Å². The van der Waals surface area contributed by atoms with Crippen LogP contribution in [0.3, 0.4) is 0 Å². The number of aromatic hydroxyl groups is 2. The molecule has 63 heavy (non-hydrogen) atoms. The zero-order valence-electron chi connectivity index (χ0n) is 33.5. The minimum atomic E-state index is -1.00. The molecule has 0 atom stereocenters. The molecule has 337 valence electrons. The molecule has 0 bridgehead atoms. The van der Waals surface area contributed by atoms with E-state index in [1.807, 2.05) is 0 Å². The summed E-state index contributed by atoms with van der Waals surface area (Å²) in [6.45, 7) is 2.90. The van der Waals surface area contributed by atoms with Crippen LogP contribution in [0.15, 0.2) is 115 Å². The molecule has 0 saturated heterocycles. The van der Waals surface area contributed by atoms with Crippen LogP contribution in [0.5, 0.6) is 34.5 Å². The first-order valence-electron chi connectivity index (χ1n) is 16.4. The number of carboxylic acids is 2. The number of aliphatic carboxylic acids is 2. The Balaban J connectivity index is -0.000000394. The Bertz CT molecular complexity index is 2050. The Labute approximate surface area is 463 Å². The topological polar surface area (TPSA) is 274 Å². The Morgan fingerprint density at radius 3 is 1.16 bits per heavy atom. The van der Waals surface area contributed by atoms with Crippen LogP contribution in [-0.4, -0.2) is 144 Å². The van der Waals surface area contributed by atoms with Gasteiger partial charge >= 0.3 is 17.1 Å². The zero-order chi connectivity index (χ0) is 47.8. The summed E-state index contributed by atoms with van der Waals surface area (Å²) in [5.41, 5.74) is 1.61. The van der Waals surface area contributed by atoms with Crippen LogP contribution in [0.4, 0.5) is 10.1 Å². The van der Waals surface area contributed by atoms with Crippen LogP contribution in [0, 0.1) is 10.1 Å². The molecular formula is C39H33Br4CsCuFNO16. The van der Waals surface area contributed by atoms with E-state index in [1.165, 1.54) is 36.4 Å². The molecular weight excluding hydrogens is 1270 g/mol. The molecule has 0 spiro atoms. The van der Waals surface area contributed by atoms with Crippen LogP contribution in [-0.2, 0) is 36.3 Å². The summed E-state index contributed by atoms with van der Waals surface area (Å²) in [6.07, 6.45) is 2.21. The number of alkyl halides is 1. The number of phenols is 2. The van der Waals surface area contributed by atoms with Crippen molar-refractivity contribution in [3.05, 3.63) is 142 Å². The molecule has 0 saturated carbocycles. The summed E-state index contributed by atoms with van der Waals surface area (Å²) in [6, 6.07) is 25.5. The molecule has 1 radical (unpaired) electrons. The van der Waals surface area contributed by atoms with E-state index in [0.717, 1.165) is 32.9 Å². The molecule has 24 heteroatoms. The zero-order valence-corrected chi connectivity index (χ0v) is 46.1. The number of nitro groups is 1. The van der Waals surface area contributed by atoms with E-state index in [2.05, 4.69) is 68.6 Å². The number of nitro benzene ring substituents is 1. The maximum atomic E-state index is 10.7. The van der Waals surface area contributed by atoms with Gasteiger partial charge in [0.05, 0.1) is 31.3 Å². The number of halogens is 5. The van der Waals surface area contributed by atoms with Crippen molar-refractivity contribution < 1.29 is 96.6 Å². The molecule has 0 aliphatic heterocycles. The summed E-state index contributed by atoms with van der Waals surface area (Å²) in [5.74, 6) is 0.954. The van der Waals surface area contributed by atoms with Crippen molar-refractivity contribution in [2.45, 2.75) is 13.8 Å². The van der Waals surface area contributed by atoms with Gasteiger partial charge in [-0.2, -0.15) is 0 Å². The van der Waals surface area contributed by atoms with Gasteiger partial charge in [-0.25, -0.2) is 5.26 Å². The first-order valence-corrected chi connectivity index (χ1v) is 18.8. The number of carbonyl (C=O) groups is 5. The second kappa shape index (κ2) is 38.9. The smallest absolute Gasteiger partial charge is 0.509 e. The maximum absolute atomic E-state index is 10.7. The molecule has 0 heterocycles. The maximum Gasteiger partial charge on any atom is 1.00 e. The largest absolute Gasteiger partial charge is 1.00 e. The monoisotopic (exact) mass is 1300 g/mol. The first kappa shape index (κ1) is 63.8. The van der Waals surface area contributed by atoms with Gasteiger partial charge in [-0.3, -0.25) is 38.5 Å². The predicted octanol–water partition coefficient (Wildman–Crippen LogP) is 10.4. The number of benzene rings is 5. The average Bonchev–Trinajstić information content (AvgIpc) is 3.23. The number of non-ortho nitro benzene ring substituents is 1. The minimum Gasteiger partial charge on any atom is -0.509 e. The van der Waals surface area contributed by atoms with E-state index in [0.29, 0.717) is 63.9 Å². The number of hydrogen-bond acceptors (Lipinski definition) is 14. The summed E-state index contributed by atoms with van der Waals surface area (Å²) < 4.78 is 29.6. The van der Waals surface area contributed by atoms with Gasteiger partial charge in [-0.05, 0) is 155 Å². The number of carboxylic acid groups (broad SMARTS) is 2. The third-order valence-corrected chi connectivity index (χ3v) is 8.28. The molecule has 5 aromatic carbocycles. The Morgan fingerprint density at radius 2 is 0.937 bits per heavy atom. The van der Waals surface area contributed by atoms with Crippen molar-refractivity contribution in [2.75, 3.05) is 7.15 Å². The van der Waals surface area contributed by atoms with E-state index >= 15 is 0 Å². The molecule has 5 N–H and O–H groups in total. The summed E-state index contributed by atoms with van der Waals surface area (Å²) in [5, 5.41) is 50.0. The van der Waals surface area contributed by atoms with Crippen LogP contribution in [0.25, 0.3) is 0 Å². The number of ether oxygens (including phenoxy) is 2. The Hall–Kier alpha value is -3.50. The quantitative estimate of drug-likeness (QED) is 0.0175. The van der Waals surface area contributed by atoms with Gasteiger partial charge < -0.3 is 39.6 Å². The molecule has 0 fully saturated rings. The third-order valence-electron chi connectivity index (χ3n) is 5.77. The van der Waals surface area contributed by atoms with Gasteiger partial charge in [0.25, 0.3) is 17.6 Å². The van der Waals surface area contributed by atoms with Gasteiger partial charge in [0, 0.05) is 112 Å². The number of carbonyl (C=O) groups excluding carboxylic acids is 4. The van der Waals surface area contributed by atoms with Crippen LogP contribution < -0.4 is 9.47 Å². The molecule has 5 aromatic rings. The van der Waals surface area contributed by atoms with E-state index in [4.69, 9.17) is 50.9 Å². The van der Waals surface area contributed by atoms with Gasteiger partial charge in [-0.1, -0.05) is 0 Å². The standard InChI is InChI=1S/C20H12Br2O4.C7H5NO3.C6H4Br2O2.2C2H4O2.CH3F.CHO3.Cs.Cu/c21-17-10-20(26-16-7-3-14(12-24)4-8-16)18(22)9-19(17)25-15-5-1-13(11-23)2-6-15;9-5-6-1-3-7(4-2-6)8(10)11;7-3-1-5(9)4(8)2-6(3)10;2*1-2(3)4;1-2;2-1-4-3;;/h1-12H;1-5H;1-2,9-10H;2*1H3,(H,3,4);1H3;3H;;/q;;;;;;-1;;+1/i;;;;;1D;;;. The normalized spacial score (nSPS) is 8.79. The molecule has 5 rings (SSSR count). The first-order chi connectivity index (χ1) is 29.2. The summed E-state index contributed by atoms with van der Waals surface area (Å²) in [7, 11) is -1.00. The molecule has 0 aliphatic rings. The van der Waals surface area contributed by atoms with Gasteiger partial charge in [0.2, 0.25) is 0 Å². The number of nitrogens with zero attached hydrogens (tertiary/aromatic N) is 1. The summed E-state index contributed by atoms with van der Waals surface area (Å²) >= 11 is 13.0. The molecule has 0 aromatic heterocycles. The minimum absolute atomic E-state index is 0. The van der Waals surface area contributed by atoms with E-state index in [-0.39, 0.29) is 103 Å². The fraction of sp³-hybridized carbons (Fsp3) is 0.0769. The van der Waals surface area contributed by atoms with Crippen molar-refractivity contribution in [1.82, 2.24) is 0 Å². The molecule has 0 unspecified atom stereocenters. The second-order valence-corrected chi connectivity index (χ2v) is 13.6. The fourth-order valence-electron chi connectivity index (χ4n) is 3.35. The van der Waals surface area contributed by atoms with Crippen LogP contribution >= 0.6 is 63.7 Å². The van der Waals surface area contributed by atoms with Crippen LogP contribution in [0.1, 0.15) is 46.3 Å². The number of hydrogen-bond donors (Lipinski definition) is 5. The third kappa shape index (κ3) is 31.1. The fourth-order valence-corrected chi connectivity index (χ4v) is 4.82. The number of aldehydes is 3. The number of phenolic OH excluding ortho intramolecular Hbond substituents is 2. The average molecular weight is 1310 g/mol. The van der Waals surface area contributed by atoms with Gasteiger partial charge in [0.15, 0.2) is 0 Å². The molecule has 0 aliphatic carbocycles. The summed E-state index contributed by atoms with van der Waals surface area (Å²) in [4.78, 5) is 70.5. The Morgan fingerprint density at radius 1 is 0.683 bits per heavy atom. The van der Waals surface area contributed by atoms with Gasteiger partial charge in [0.1, 0.15) is 53.4 Å². The van der Waals surface area contributed by atoms with E-state index in [9.17, 15) is 28.9 Å². The second-order valence-electron chi connectivity index (χ2n) is 10.2. The van der Waals surface area contributed by atoms with Crippen molar-refractivity contribution >= 4 is 176 Å². The SMILES string of the molecule is CC(=O)O.CC(=O)O.O=Cc1ccc(Oc2cc(Br)c(Oc3ccc(C=O)cc3)cc2Br)cc1.O=Cc1ccc([N+](=O)[O-])cc1.O=[C-]OO.Oc1cc(Br)c(O)cc1Br.[2H]CF.[Cs].[Cu+]. The molecule has 0 amide bonds. The van der Waals surface area contributed by atoms with Crippen molar-refractivity contribution in [2.24, 2.45) is 0 Å². The van der Waals surface area contributed by atoms with E-state index < -0.39 is 24.0 Å². The Kier molecular flexibility index (Phi) is 39.4. The molecule has 17 nitrogen and oxygen atoms in total. The van der Waals surface area contributed by atoms with Crippen molar-refractivity contribution in [3.63, 3.8) is 0 Å². The number of rotatable bonds is 9. The van der Waals surface area contributed by atoms with Crippen molar-refractivity contribution in [3.8, 4) is 34.5 Å². The predicted molar refractivity (Wildman–Crippen MR) is 238 cm³/mol.